The minimum Gasteiger partial charge on any atom is -0.333 e. The number of amides is 2. The fourth-order valence-corrected chi connectivity index (χ4v) is 1.62. The number of carbonyl (C=O) groups excluding carboxylic acids is 1. The predicted octanol–water partition coefficient (Wildman–Crippen LogP) is 3.52. The smallest absolute Gasteiger partial charge is 0.319 e. The molecular formula is C13H17BrN2O. The predicted molar refractivity (Wildman–Crippen MR) is 74.6 cm³/mol. The monoisotopic (exact) mass is 296 g/mol. The molecule has 2 N–H and O–H groups in total. The molecule has 0 heterocycles. The van der Waals surface area contributed by atoms with Crippen molar-refractivity contribution in [1.29, 1.82) is 0 Å². The van der Waals surface area contributed by atoms with Crippen LogP contribution in [0.15, 0.2) is 34.9 Å². The molecule has 0 radical (unpaired) electrons. The molecule has 1 aromatic rings. The van der Waals surface area contributed by atoms with Crippen LogP contribution in [0.4, 0.5) is 4.79 Å². The number of rotatable bonds is 2. The molecule has 0 aliphatic heterocycles. The van der Waals surface area contributed by atoms with Gasteiger partial charge in [-0.3, -0.25) is 0 Å². The van der Waals surface area contributed by atoms with Crippen molar-refractivity contribution in [1.82, 2.24) is 10.6 Å². The van der Waals surface area contributed by atoms with E-state index in [1.807, 2.05) is 51.1 Å². The summed E-state index contributed by atoms with van der Waals surface area (Å²) >= 11 is 3.39. The van der Waals surface area contributed by atoms with E-state index >= 15 is 0 Å². The van der Waals surface area contributed by atoms with E-state index in [4.69, 9.17) is 0 Å². The van der Waals surface area contributed by atoms with E-state index < -0.39 is 0 Å². The molecule has 0 bridgehead atoms. The van der Waals surface area contributed by atoms with Gasteiger partial charge in [-0.15, -0.1) is 0 Å². The van der Waals surface area contributed by atoms with Crippen LogP contribution >= 0.6 is 15.9 Å². The highest BCUT2D eigenvalue weighted by atomic mass is 79.9. The molecule has 1 rings (SSSR count). The summed E-state index contributed by atoms with van der Waals surface area (Å²) in [6.45, 7) is 5.81. The third-order valence-electron chi connectivity index (χ3n) is 1.83. The zero-order valence-electron chi connectivity index (χ0n) is 10.3. The van der Waals surface area contributed by atoms with Crippen molar-refractivity contribution in [3.8, 4) is 0 Å². The Morgan fingerprint density at radius 1 is 1.35 bits per heavy atom. The Kier molecular flexibility index (Phi) is 4.75. The summed E-state index contributed by atoms with van der Waals surface area (Å²) in [7, 11) is 0. The molecule has 0 saturated carbocycles. The topological polar surface area (TPSA) is 41.1 Å². The average Bonchev–Trinajstić information content (AvgIpc) is 2.14. The molecule has 0 aliphatic rings. The average molecular weight is 297 g/mol. The number of hydrogen-bond acceptors (Lipinski definition) is 1. The summed E-state index contributed by atoms with van der Waals surface area (Å²) in [6.07, 6.45) is 3.47. The minimum atomic E-state index is -0.228. The fraction of sp³-hybridized carbons (Fsp3) is 0.308. The lowest BCUT2D eigenvalue weighted by molar-refractivity contribution is 0.235. The number of nitrogens with one attached hydrogen (secondary N) is 2. The molecule has 0 unspecified atom stereocenters. The van der Waals surface area contributed by atoms with Gasteiger partial charge in [-0.25, -0.2) is 4.79 Å². The Hall–Kier alpha value is -1.29. The summed E-state index contributed by atoms with van der Waals surface area (Å²) in [5.41, 5.74) is 0.795. The van der Waals surface area contributed by atoms with E-state index in [1.54, 1.807) is 6.20 Å². The van der Waals surface area contributed by atoms with E-state index in [0.29, 0.717) is 0 Å². The van der Waals surface area contributed by atoms with E-state index in [2.05, 4.69) is 26.6 Å². The summed E-state index contributed by atoms with van der Waals surface area (Å²) in [6, 6.07) is 7.63. The zero-order valence-corrected chi connectivity index (χ0v) is 11.8. The highest BCUT2D eigenvalue weighted by molar-refractivity contribution is 9.10. The van der Waals surface area contributed by atoms with Crippen molar-refractivity contribution < 1.29 is 4.79 Å². The highest BCUT2D eigenvalue weighted by Crippen LogP contribution is 2.12. The molecule has 4 heteroatoms. The maximum atomic E-state index is 11.4. The van der Waals surface area contributed by atoms with E-state index in [-0.39, 0.29) is 11.6 Å². The van der Waals surface area contributed by atoms with Crippen LogP contribution in [-0.2, 0) is 0 Å². The quantitative estimate of drug-likeness (QED) is 0.861. The number of hydrogen-bond donors (Lipinski definition) is 2. The van der Waals surface area contributed by atoms with Crippen molar-refractivity contribution in [2.24, 2.45) is 0 Å². The van der Waals surface area contributed by atoms with Crippen molar-refractivity contribution >= 4 is 28.0 Å². The van der Waals surface area contributed by atoms with Gasteiger partial charge < -0.3 is 10.6 Å². The first-order chi connectivity index (χ1) is 7.87. The van der Waals surface area contributed by atoms with Crippen LogP contribution in [0.25, 0.3) is 6.08 Å². The van der Waals surface area contributed by atoms with Crippen LogP contribution in [-0.4, -0.2) is 11.6 Å². The Labute approximate surface area is 110 Å². The SMILES string of the molecule is CC(C)(C)NC(=O)N/C=C/c1cccc(Br)c1. The van der Waals surface area contributed by atoms with Gasteiger partial charge in [0.15, 0.2) is 0 Å². The van der Waals surface area contributed by atoms with Gasteiger partial charge in [0.1, 0.15) is 0 Å². The summed E-state index contributed by atoms with van der Waals surface area (Å²) < 4.78 is 1.01. The van der Waals surface area contributed by atoms with Gasteiger partial charge in [0, 0.05) is 16.2 Å². The Bertz CT molecular complexity index is 422. The second-order valence-corrected chi connectivity index (χ2v) is 5.65. The van der Waals surface area contributed by atoms with Crippen molar-refractivity contribution in [3.05, 3.63) is 40.5 Å². The van der Waals surface area contributed by atoms with Crippen LogP contribution < -0.4 is 10.6 Å². The van der Waals surface area contributed by atoms with Crippen LogP contribution in [0, 0.1) is 0 Å². The first-order valence-electron chi connectivity index (χ1n) is 5.38. The molecule has 92 valence electrons. The van der Waals surface area contributed by atoms with Gasteiger partial charge in [0.2, 0.25) is 0 Å². The van der Waals surface area contributed by atoms with Gasteiger partial charge >= 0.3 is 6.03 Å². The summed E-state index contributed by atoms with van der Waals surface area (Å²) in [5, 5.41) is 5.47. The number of benzene rings is 1. The van der Waals surface area contributed by atoms with E-state index in [0.717, 1.165) is 10.0 Å². The maximum Gasteiger partial charge on any atom is 0.319 e. The molecular weight excluding hydrogens is 280 g/mol. The van der Waals surface area contributed by atoms with Gasteiger partial charge in [-0.1, -0.05) is 28.1 Å². The molecule has 0 fully saturated rings. The van der Waals surface area contributed by atoms with Gasteiger partial charge in [-0.2, -0.15) is 0 Å². The molecule has 0 aromatic heterocycles. The Morgan fingerprint density at radius 3 is 2.65 bits per heavy atom. The Morgan fingerprint density at radius 2 is 2.06 bits per heavy atom. The number of urea groups is 1. The molecule has 2 amide bonds. The molecule has 17 heavy (non-hydrogen) atoms. The lowest BCUT2D eigenvalue weighted by Gasteiger charge is -2.19. The molecule has 1 aromatic carbocycles. The largest absolute Gasteiger partial charge is 0.333 e. The third kappa shape index (κ3) is 6.12. The minimum absolute atomic E-state index is 0.205. The third-order valence-corrected chi connectivity index (χ3v) is 2.32. The van der Waals surface area contributed by atoms with Crippen LogP contribution in [0.2, 0.25) is 0 Å². The zero-order chi connectivity index (χ0) is 12.9. The van der Waals surface area contributed by atoms with Crippen LogP contribution in [0.5, 0.6) is 0 Å². The van der Waals surface area contributed by atoms with Crippen LogP contribution in [0.3, 0.4) is 0 Å². The Balaban J connectivity index is 2.48. The molecule has 3 nitrogen and oxygen atoms in total. The molecule has 0 atom stereocenters. The summed E-state index contributed by atoms with van der Waals surface area (Å²) in [5.74, 6) is 0. The van der Waals surface area contributed by atoms with Crippen molar-refractivity contribution in [3.63, 3.8) is 0 Å². The fourth-order valence-electron chi connectivity index (χ4n) is 1.20. The maximum absolute atomic E-state index is 11.4. The molecule has 0 saturated heterocycles. The normalized spacial score (nSPS) is 11.5. The number of halogens is 1. The standard InChI is InChI=1S/C13H17BrN2O/c1-13(2,3)16-12(17)15-8-7-10-5-4-6-11(14)9-10/h4-9H,1-3H3,(H2,15,16,17)/b8-7+. The van der Waals surface area contributed by atoms with Crippen LogP contribution in [0.1, 0.15) is 26.3 Å². The lowest BCUT2D eigenvalue weighted by atomic mass is 10.1. The van der Waals surface area contributed by atoms with Gasteiger partial charge in [-0.05, 0) is 44.5 Å². The summed E-state index contributed by atoms with van der Waals surface area (Å²) in [4.78, 5) is 11.4. The lowest BCUT2D eigenvalue weighted by Crippen LogP contribution is -2.44. The molecule has 0 aliphatic carbocycles. The molecule has 0 spiro atoms. The second-order valence-electron chi connectivity index (χ2n) is 4.74. The van der Waals surface area contributed by atoms with E-state index in [1.165, 1.54) is 0 Å². The number of carbonyl (C=O) groups is 1. The van der Waals surface area contributed by atoms with Crippen molar-refractivity contribution in [2.45, 2.75) is 26.3 Å². The first-order valence-corrected chi connectivity index (χ1v) is 6.17. The van der Waals surface area contributed by atoms with Gasteiger partial charge in [0.05, 0.1) is 0 Å². The first kappa shape index (κ1) is 13.8. The van der Waals surface area contributed by atoms with Gasteiger partial charge in [0.25, 0.3) is 0 Å². The van der Waals surface area contributed by atoms with Crippen molar-refractivity contribution in [2.75, 3.05) is 0 Å². The van der Waals surface area contributed by atoms with E-state index in [9.17, 15) is 4.79 Å². The second kappa shape index (κ2) is 5.87. The highest BCUT2D eigenvalue weighted by Gasteiger charge is 2.11.